The van der Waals surface area contributed by atoms with Crippen molar-refractivity contribution in [2.45, 2.75) is 20.8 Å². The van der Waals surface area contributed by atoms with E-state index < -0.39 is 19.7 Å². The summed E-state index contributed by atoms with van der Waals surface area (Å²) in [5.74, 6) is 1.47. The Morgan fingerprint density at radius 3 is 2.56 bits per heavy atom. The third-order valence-electron chi connectivity index (χ3n) is 6.98. The molecule has 12 heteroatoms. The molecule has 10 nitrogen and oxygen atoms in total. The van der Waals surface area contributed by atoms with Crippen LogP contribution < -0.4 is 15.4 Å². The van der Waals surface area contributed by atoms with Crippen LogP contribution in [0.4, 0.5) is 21.6 Å². The SMILES string of the molecule is CCOP(=O)(CC(=O)Nc1cc2c(Nc3ccc(F)c(C)c3)ncnc2cc1OCC1C2COCC21)OCC. The lowest BCUT2D eigenvalue weighted by molar-refractivity contribution is -0.114. The fourth-order valence-electron chi connectivity index (χ4n) is 4.94. The molecule has 2 N–H and O–H groups in total. The van der Waals surface area contributed by atoms with E-state index in [2.05, 4.69) is 20.6 Å². The minimum absolute atomic E-state index is 0.150. The molecule has 2 unspecified atom stereocenters. The number of benzene rings is 2. The Bertz CT molecular complexity index is 1400. The Balaban J connectivity index is 1.44. The molecule has 3 aromatic rings. The molecule has 208 valence electrons. The molecule has 2 fully saturated rings. The topological polar surface area (TPSA) is 121 Å². The van der Waals surface area contributed by atoms with Crippen LogP contribution in [-0.4, -0.2) is 55.1 Å². The molecule has 39 heavy (non-hydrogen) atoms. The van der Waals surface area contributed by atoms with Gasteiger partial charge in [-0.05, 0) is 62.4 Å². The number of aromatic nitrogens is 2. The summed E-state index contributed by atoms with van der Waals surface area (Å²) in [5, 5.41) is 6.64. The molecule has 2 aromatic carbocycles. The molecule has 1 aliphatic heterocycles. The number of anilines is 3. The van der Waals surface area contributed by atoms with Crippen LogP contribution in [0.2, 0.25) is 0 Å². The summed E-state index contributed by atoms with van der Waals surface area (Å²) in [4.78, 5) is 21.8. The second kappa shape index (κ2) is 11.6. The highest BCUT2D eigenvalue weighted by molar-refractivity contribution is 7.54. The molecule has 0 spiro atoms. The van der Waals surface area contributed by atoms with Crippen molar-refractivity contribution >= 4 is 41.6 Å². The molecule has 1 saturated heterocycles. The molecule has 1 saturated carbocycles. The molecule has 0 radical (unpaired) electrons. The van der Waals surface area contributed by atoms with E-state index in [1.165, 1.54) is 12.4 Å². The number of carbonyl (C=O) groups is 1. The number of amides is 1. The summed E-state index contributed by atoms with van der Waals surface area (Å²) < 4.78 is 49.0. The molecular weight excluding hydrogens is 526 g/mol. The quantitative estimate of drug-likeness (QED) is 0.285. The van der Waals surface area contributed by atoms with Crippen molar-refractivity contribution in [2.75, 3.05) is 49.8 Å². The van der Waals surface area contributed by atoms with Crippen LogP contribution in [0, 0.1) is 30.5 Å². The minimum Gasteiger partial charge on any atom is -0.491 e. The standard InChI is InChI=1S/C27H32FN4O6P/c1-4-37-39(34,38-5-2)14-26(33)32-24-9-18-23(10-25(24)36-13-21-19-11-35-12-20(19)21)29-15-30-27(18)31-17-6-7-22(28)16(3)8-17/h6-10,15,19-21H,4-5,11-14H2,1-3H3,(H,32,33)(H,29,30,31). The van der Waals surface area contributed by atoms with Crippen LogP contribution in [0.25, 0.3) is 10.9 Å². The number of carbonyl (C=O) groups excluding carboxylic acids is 1. The lowest BCUT2D eigenvalue weighted by Crippen LogP contribution is -2.19. The van der Waals surface area contributed by atoms with Crippen molar-refractivity contribution in [2.24, 2.45) is 17.8 Å². The van der Waals surface area contributed by atoms with E-state index in [9.17, 15) is 13.8 Å². The maximum atomic E-state index is 13.8. The average Bonchev–Trinajstić information content (AvgIpc) is 3.31. The number of halogens is 1. The molecule has 1 amide bonds. The fraction of sp³-hybridized carbons (Fsp3) is 0.444. The summed E-state index contributed by atoms with van der Waals surface area (Å²) in [6, 6.07) is 8.13. The summed E-state index contributed by atoms with van der Waals surface area (Å²) in [5.41, 5.74) is 2.11. The molecule has 2 atom stereocenters. The van der Waals surface area contributed by atoms with Gasteiger partial charge in [-0.15, -0.1) is 0 Å². The van der Waals surface area contributed by atoms with Crippen molar-refractivity contribution in [1.82, 2.24) is 9.97 Å². The van der Waals surface area contributed by atoms with Crippen LogP contribution >= 0.6 is 7.60 Å². The molecule has 2 aliphatic rings. The fourth-order valence-corrected chi connectivity index (χ4v) is 6.41. The maximum Gasteiger partial charge on any atom is 0.340 e. The highest BCUT2D eigenvalue weighted by atomic mass is 31.2. The van der Waals surface area contributed by atoms with Gasteiger partial charge in [0.25, 0.3) is 0 Å². The predicted octanol–water partition coefficient (Wildman–Crippen LogP) is 5.30. The summed E-state index contributed by atoms with van der Waals surface area (Å²) in [6.45, 7) is 7.33. The highest BCUT2D eigenvalue weighted by Gasteiger charge is 2.54. The molecule has 1 aromatic heterocycles. The maximum absolute atomic E-state index is 13.8. The first kappa shape index (κ1) is 27.5. The van der Waals surface area contributed by atoms with Gasteiger partial charge in [0.05, 0.1) is 44.2 Å². The number of rotatable bonds is 12. The van der Waals surface area contributed by atoms with Crippen LogP contribution in [0.3, 0.4) is 0 Å². The van der Waals surface area contributed by atoms with Crippen molar-refractivity contribution < 1.29 is 32.3 Å². The van der Waals surface area contributed by atoms with Gasteiger partial charge in [0.1, 0.15) is 29.9 Å². The van der Waals surface area contributed by atoms with Crippen LogP contribution in [0.5, 0.6) is 5.75 Å². The lowest BCUT2D eigenvalue weighted by Gasteiger charge is -2.18. The number of hydrogen-bond acceptors (Lipinski definition) is 9. The largest absolute Gasteiger partial charge is 0.491 e. The lowest BCUT2D eigenvalue weighted by atomic mass is 10.1. The third-order valence-corrected chi connectivity index (χ3v) is 8.96. The molecule has 0 bridgehead atoms. The van der Waals surface area contributed by atoms with Gasteiger partial charge in [-0.25, -0.2) is 14.4 Å². The van der Waals surface area contributed by atoms with Gasteiger partial charge in [-0.1, -0.05) is 0 Å². The summed E-state index contributed by atoms with van der Waals surface area (Å²) in [7, 11) is -3.61. The van der Waals surface area contributed by atoms with E-state index in [1.54, 1.807) is 45.0 Å². The molecule has 5 rings (SSSR count). The van der Waals surface area contributed by atoms with Gasteiger partial charge in [0, 0.05) is 23.1 Å². The Morgan fingerprint density at radius 2 is 1.87 bits per heavy atom. The zero-order valence-electron chi connectivity index (χ0n) is 22.1. The number of nitrogens with one attached hydrogen (secondary N) is 2. The number of hydrogen-bond donors (Lipinski definition) is 2. The normalized spacial score (nSPS) is 20.1. The molecular formula is C27H32FN4O6P. The van der Waals surface area contributed by atoms with E-state index in [0.29, 0.717) is 63.8 Å². The van der Waals surface area contributed by atoms with Crippen molar-refractivity contribution in [3.63, 3.8) is 0 Å². The Morgan fingerprint density at radius 1 is 1.13 bits per heavy atom. The first-order valence-corrected chi connectivity index (χ1v) is 14.7. The van der Waals surface area contributed by atoms with Gasteiger partial charge in [0.2, 0.25) is 5.91 Å². The van der Waals surface area contributed by atoms with Crippen LogP contribution in [0.1, 0.15) is 19.4 Å². The van der Waals surface area contributed by atoms with E-state index in [0.717, 1.165) is 13.2 Å². The van der Waals surface area contributed by atoms with Gasteiger partial charge in [-0.2, -0.15) is 0 Å². The number of nitrogens with zero attached hydrogens (tertiary/aromatic N) is 2. The van der Waals surface area contributed by atoms with E-state index in [4.69, 9.17) is 18.5 Å². The van der Waals surface area contributed by atoms with Crippen molar-refractivity contribution in [1.29, 1.82) is 0 Å². The molecule has 1 aliphatic carbocycles. The van der Waals surface area contributed by atoms with E-state index in [1.807, 2.05) is 0 Å². The summed E-state index contributed by atoms with van der Waals surface area (Å²) in [6.07, 6.45) is 0.980. The number of fused-ring (bicyclic) bond motifs is 2. The van der Waals surface area contributed by atoms with Gasteiger partial charge >= 0.3 is 7.60 Å². The monoisotopic (exact) mass is 558 g/mol. The second-order valence-corrected chi connectivity index (χ2v) is 11.7. The molecule has 2 heterocycles. The Labute approximate surface area is 226 Å². The summed E-state index contributed by atoms with van der Waals surface area (Å²) >= 11 is 0. The Kier molecular flexibility index (Phi) is 8.13. The first-order valence-electron chi connectivity index (χ1n) is 13.0. The van der Waals surface area contributed by atoms with E-state index in [-0.39, 0.29) is 19.0 Å². The van der Waals surface area contributed by atoms with Gasteiger partial charge in [0.15, 0.2) is 0 Å². The number of ether oxygens (including phenoxy) is 2. The first-order chi connectivity index (χ1) is 18.8. The van der Waals surface area contributed by atoms with Crippen molar-refractivity contribution in [3.05, 3.63) is 48.0 Å². The van der Waals surface area contributed by atoms with E-state index >= 15 is 0 Å². The minimum atomic E-state index is -3.61. The van der Waals surface area contributed by atoms with Gasteiger partial charge in [-0.3, -0.25) is 9.36 Å². The van der Waals surface area contributed by atoms with Crippen LogP contribution in [0.15, 0.2) is 36.7 Å². The zero-order valence-corrected chi connectivity index (χ0v) is 23.0. The van der Waals surface area contributed by atoms with Crippen LogP contribution in [-0.2, 0) is 23.1 Å². The Hall–Kier alpha value is -3.11. The number of aryl methyl sites for hydroxylation is 1. The van der Waals surface area contributed by atoms with Gasteiger partial charge < -0.3 is 29.2 Å². The van der Waals surface area contributed by atoms with Crippen molar-refractivity contribution in [3.8, 4) is 5.75 Å². The highest BCUT2D eigenvalue weighted by Crippen LogP contribution is 2.51. The average molecular weight is 559 g/mol. The smallest absolute Gasteiger partial charge is 0.340 e. The zero-order chi connectivity index (χ0) is 27.6. The third kappa shape index (κ3) is 6.22. The predicted molar refractivity (Wildman–Crippen MR) is 145 cm³/mol. The second-order valence-electron chi connectivity index (χ2n) is 9.67.